The highest BCUT2D eigenvalue weighted by molar-refractivity contribution is 7.99. The second-order valence-corrected chi connectivity index (χ2v) is 6.04. The molecular weight excluding hydrogens is 306 g/mol. The summed E-state index contributed by atoms with van der Waals surface area (Å²) in [7, 11) is 0. The molecule has 6 heteroatoms. The minimum Gasteiger partial charge on any atom is -0.267 e. The molecule has 0 radical (unpaired) electrons. The fraction of sp³-hybridized carbons (Fsp3) is 0.133. The zero-order valence-corrected chi connectivity index (χ0v) is 12.6. The van der Waals surface area contributed by atoms with E-state index in [2.05, 4.69) is 10.3 Å². The molecule has 0 N–H and O–H groups in total. The average molecular weight is 318 g/mol. The first-order chi connectivity index (χ1) is 10.2. The number of aromatic nitrogens is 3. The normalized spacial score (nSPS) is 10.9. The van der Waals surface area contributed by atoms with E-state index in [0.29, 0.717) is 17.4 Å². The van der Waals surface area contributed by atoms with Crippen LogP contribution in [0.25, 0.3) is 10.9 Å². The summed E-state index contributed by atoms with van der Waals surface area (Å²) in [6.45, 7) is 0.518. The van der Waals surface area contributed by atoms with Crippen molar-refractivity contribution >= 4 is 34.3 Å². The van der Waals surface area contributed by atoms with Crippen LogP contribution in [0, 0.1) is 0 Å². The van der Waals surface area contributed by atoms with Crippen LogP contribution in [0.2, 0.25) is 5.02 Å². The molecule has 0 amide bonds. The van der Waals surface area contributed by atoms with Gasteiger partial charge in [-0.25, -0.2) is 4.68 Å². The summed E-state index contributed by atoms with van der Waals surface area (Å²) in [5, 5.41) is 9.36. The molecule has 3 rings (SSSR count). The monoisotopic (exact) mass is 317 g/mol. The van der Waals surface area contributed by atoms with Crippen LogP contribution in [0.15, 0.2) is 58.2 Å². The van der Waals surface area contributed by atoms with Crippen molar-refractivity contribution in [1.29, 1.82) is 0 Å². The van der Waals surface area contributed by atoms with Gasteiger partial charge in [-0.15, -0.1) is 16.9 Å². The van der Waals surface area contributed by atoms with Gasteiger partial charge < -0.3 is 0 Å². The number of hydrogen-bond donors (Lipinski definition) is 0. The zero-order valence-electron chi connectivity index (χ0n) is 11.1. The molecule has 0 fully saturated rings. The van der Waals surface area contributed by atoms with E-state index in [9.17, 15) is 4.79 Å². The predicted molar refractivity (Wildman–Crippen MR) is 86.0 cm³/mol. The third kappa shape index (κ3) is 3.25. The van der Waals surface area contributed by atoms with E-state index in [1.165, 1.54) is 4.68 Å². The van der Waals surface area contributed by atoms with Crippen molar-refractivity contribution in [3.8, 4) is 0 Å². The van der Waals surface area contributed by atoms with E-state index in [-0.39, 0.29) is 5.56 Å². The summed E-state index contributed by atoms with van der Waals surface area (Å²) in [5.41, 5.74) is 0.529. The van der Waals surface area contributed by atoms with Crippen molar-refractivity contribution in [2.75, 3.05) is 5.75 Å². The van der Waals surface area contributed by atoms with Crippen molar-refractivity contribution in [1.82, 2.24) is 15.0 Å². The molecule has 3 aromatic rings. The number of halogens is 1. The number of nitrogens with zero attached hydrogens (tertiary/aromatic N) is 3. The molecule has 106 valence electrons. The Balaban J connectivity index is 1.72. The third-order valence-electron chi connectivity index (χ3n) is 3.01. The Labute approximate surface area is 130 Å². The first-order valence-corrected chi connectivity index (χ1v) is 7.81. The number of hydrogen-bond acceptors (Lipinski definition) is 4. The van der Waals surface area contributed by atoms with Gasteiger partial charge in [0.05, 0.1) is 11.9 Å². The highest BCUT2D eigenvalue weighted by atomic mass is 35.5. The molecule has 0 aliphatic carbocycles. The topological polar surface area (TPSA) is 47.8 Å². The standard InChI is InChI=1S/C15H12ClN3OS/c16-11-5-7-12(8-6-11)21-10-9-19-15(20)13-3-1-2-4-14(13)17-18-19/h1-8H,9-10H2. The van der Waals surface area contributed by atoms with Crippen molar-refractivity contribution in [2.24, 2.45) is 0 Å². The van der Waals surface area contributed by atoms with Gasteiger partial charge in [0.15, 0.2) is 0 Å². The Kier molecular flexibility index (Phi) is 4.22. The molecule has 1 aromatic heterocycles. The van der Waals surface area contributed by atoms with Crippen LogP contribution >= 0.6 is 23.4 Å². The van der Waals surface area contributed by atoms with Crippen LogP contribution in [0.1, 0.15) is 0 Å². The predicted octanol–water partition coefficient (Wildman–Crippen LogP) is 3.24. The molecule has 0 aliphatic rings. The van der Waals surface area contributed by atoms with E-state index < -0.39 is 0 Å². The molecule has 0 bridgehead atoms. The van der Waals surface area contributed by atoms with Crippen LogP contribution in [0.3, 0.4) is 0 Å². The van der Waals surface area contributed by atoms with Gasteiger partial charge in [0.1, 0.15) is 5.52 Å². The summed E-state index contributed by atoms with van der Waals surface area (Å²) in [4.78, 5) is 13.4. The van der Waals surface area contributed by atoms with Gasteiger partial charge in [-0.1, -0.05) is 28.9 Å². The minimum atomic E-state index is -0.0997. The van der Waals surface area contributed by atoms with Crippen molar-refractivity contribution in [3.05, 3.63) is 63.9 Å². The Morgan fingerprint density at radius 3 is 2.67 bits per heavy atom. The maximum atomic E-state index is 12.2. The van der Waals surface area contributed by atoms with Gasteiger partial charge in [-0.2, -0.15) is 0 Å². The molecule has 0 saturated carbocycles. The zero-order chi connectivity index (χ0) is 14.7. The lowest BCUT2D eigenvalue weighted by Gasteiger charge is -2.05. The van der Waals surface area contributed by atoms with Gasteiger partial charge in [0.2, 0.25) is 0 Å². The average Bonchev–Trinajstić information content (AvgIpc) is 2.52. The molecule has 0 aliphatic heterocycles. The summed E-state index contributed by atoms with van der Waals surface area (Å²) < 4.78 is 1.41. The van der Waals surface area contributed by atoms with E-state index in [4.69, 9.17) is 11.6 Å². The van der Waals surface area contributed by atoms with Gasteiger partial charge in [-0.3, -0.25) is 4.79 Å². The number of fused-ring (bicyclic) bond motifs is 1. The van der Waals surface area contributed by atoms with Gasteiger partial charge in [-0.05, 0) is 36.4 Å². The largest absolute Gasteiger partial charge is 0.277 e. The molecule has 4 nitrogen and oxygen atoms in total. The fourth-order valence-corrected chi connectivity index (χ4v) is 2.91. The third-order valence-corrected chi connectivity index (χ3v) is 4.26. The lowest BCUT2D eigenvalue weighted by atomic mass is 10.2. The van der Waals surface area contributed by atoms with Gasteiger partial charge in [0.25, 0.3) is 5.56 Å². The number of rotatable bonds is 4. The van der Waals surface area contributed by atoms with Crippen molar-refractivity contribution < 1.29 is 0 Å². The van der Waals surface area contributed by atoms with E-state index in [1.54, 1.807) is 23.9 Å². The van der Waals surface area contributed by atoms with Crippen LogP contribution in [-0.4, -0.2) is 20.7 Å². The summed E-state index contributed by atoms with van der Waals surface area (Å²) in [6, 6.07) is 14.9. The Morgan fingerprint density at radius 2 is 1.86 bits per heavy atom. The maximum absolute atomic E-state index is 12.2. The Bertz CT molecular complexity index is 817. The van der Waals surface area contributed by atoms with Crippen molar-refractivity contribution in [2.45, 2.75) is 11.4 Å². The molecule has 0 atom stereocenters. The van der Waals surface area contributed by atoms with E-state index in [1.807, 2.05) is 36.4 Å². The molecule has 21 heavy (non-hydrogen) atoms. The first-order valence-electron chi connectivity index (χ1n) is 6.45. The smallest absolute Gasteiger partial charge is 0.267 e. The Hall–Kier alpha value is -1.85. The number of thioether (sulfide) groups is 1. The second kappa shape index (κ2) is 6.28. The fourth-order valence-electron chi connectivity index (χ4n) is 1.95. The van der Waals surface area contributed by atoms with Gasteiger partial charge in [0, 0.05) is 15.7 Å². The maximum Gasteiger partial charge on any atom is 0.277 e. The van der Waals surface area contributed by atoms with Crippen molar-refractivity contribution in [3.63, 3.8) is 0 Å². The molecule has 0 unspecified atom stereocenters. The highest BCUT2D eigenvalue weighted by Crippen LogP contribution is 2.20. The summed E-state index contributed by atoms with van der Waals surface area (Å²) >= 11 is 7.50. The van der Waals surface area contributed by atoms with Gasteiger partial charge >= 0.3 is 0 Å². The van der Waals surface area contributed by atoms with E-state index in [0.717, 1.165) is 15.7 Å². The van der Waals surface area contributed by atoms with Crippen LogP contribution in [-0.2, 0) is 6.54 Å². The number of benzene rings is 2. The molecular formula is C15H12ClN3OS. The summed E-state index contributed by atoms with van der Waals surface area (Å²) in [5.74, 6) is 0.745. The van der Waals surface area contributed by atoms with Crippen LogP contribution < -0.4 is 5.56 Å². The van der Waals surface area contributed by atoms with E-state index >= 15 is 0 Å². The van der Waals surface area contributed by atoms with Crippen LogP contribution in [0.4, 0.5) is 0 Å². The molecule has 0 spiro atoms. The number of aryl methyl sites for hydroxylation is 1. The molecule has 2 aromatic carbocycles. The first kappa shape index (κ1) is 14.1. The quantitative estimate of drug-likeness (QED) is 0.693. The second-order valence-electron chi connectivity index (χ2n) is 4.44. The lowest BCUT2D eigenvalue weighted by molar-refractivity contribution is 0.585. The lowest BCUT2D eigenvalue weighted by Crippen LogP contribution is -2.25. The highest BCUT2D eigenvalue weighted by Gasteiger charge is 2.04. The molecule has 1 heterocycles. The summed E-state index contributed by atoms with van der Waals surface area (Å²) in [6.07, 6.45) is 0. The Morgan fingerprint density at radius 1 is 1.10 bits per heavy atom. The SMILES string of the molecule is O=c1c2ccccc2nnn1CCSc1ccc(Cl)cc1. The minimum absolute atomic E-state index is 0.0997. The molecule has 0 saturated heterocycles. The van der Waals surface area contributed by atoms with Crippen LogP contribution in [0.5, 0.6) is 0 Å².